The molecule has 1 saturated heterocycles. The van der Waals surface area contributed by atoms with E-state index in [1.165, 1.54) is 18.2 Å². The van der Waals surface area contributed by atoms with Crippen molar-refractivity contribution in [2.45, 2.75) is 6.42 Å². The van der Waals surface area contributed by atoms with Crippen LogP contribution in [-0.4, -0.2) is 35.3 Å². The summed E-state index contributed by atoms with van der Waals surface area (Å²) in [4.78, 5) is 51.7. The maximum atomic E-state index is 13.0. The fourth-order valence-corrected chi connectivity index (χ4v) is 4.90. The zero-order valence-corrected chi connectivity index (χ0v) is 16.4. The molecule has 1 heterocycles. The van der Waals surface area contributed by atoms with Crippen molar-refractivity contribution in [3.63, 3.8) is 0 Å². The van der Waals surface area contributed by atoms with Gasteiger partial charge in [0.05, 0.1) is 17.5 Å². The third-order valence-corrected chi connectivity index (χ3v) is 6.36. The molecule has 2 aromatic rings. The molecule has 2 aromatic carbocycles. The van der Waals surface area contributed by atoms with E-state index in [-0.39, 0.29) is 58.3 Å². The fourth-order valence-electron chi connectivity index (χ4n) is 4.90. The van der Waals surface area contributed by atoms with E-state index in [1.54, 1.807) is 30.3 Å². The lowest BCUT2D eigenvalue weighted by atomic mass is 9.85. The second-order valence-corrected chi connectivity index (χ2v) is 8.08. The molecule has 2 fully saturated rings. The number of allylic oxidation sites excluding steroid dienone is 2. The Hall–Kier alpha value is -3.74. The average molecular weight is 417 g/mol. The quantitative estimate of drug-likeness (QED) is 0.347. The average Bonchev–Trinajstić information content (AvgIpc) is 3.47. The summed E-state index contributed by atoms with van der Waals surface area (Å²) in [5.41, 5.74) is 0.399. The third-order valence-electron chi connectivity index (χ3n) is 6.36. The fraction of sp³-hybridized carbons (Fsp3) is 0.250. The van der Waals surface area contributed by atoms with Gasteiger partial charge >= 0.3 is 5.97 Å². The van der Waals surface area contributed by atoms with Crippen LogP contribution in [0.15, 0.2) is 60.7 Å². The molecule has 1 N–H and O–H groups in total. The smallest absolute Gasteiger partial charge is 0.342 e. The lowest BCUT2D eigenvalue weighted by Crippen LogP contribution is -2.33. The summed E-state index contributed by atoms with van der Waals surface area (Å²) in [5, 5.41) is 10.1. The minimum absolute atomic E-state index is 0.0713. The highest BCUT2D eigenvalue weighted by Gasteiger charge is 2.59. The van der Waals surface area contributed by atoms with E-state index < -0.39 is 12.6 Å². The van der Waals surface area contributed by atoms with Crippen molar-refractivity contribution in [2.75, 3.05) is 11.5 Å². The number of esters is 1. The highest BCUT2D eigenvalue weighted by molar-refractivity contribution is 6.23. The molecule has 2 aliphatic carbocycles. The predicted octanol–water partition coefficient (Wildman–Crippen LogP) is 2.74. The molecule has 1 aliphatic heterocycles. The van der Waals surface area contributed by atoms with Gasteiger partial charge in [0, 0.05) is 5.56 Å². The maximum absolute atomic E-state index is 13.0. The van der Waals surface area contributed by atoms with Crippen molar-refractivity contribution < 1.29 is 29.0 Å². The van der Waals surface area contributed by atoms with Crippen LogP contribution in [0.2, 0.25) is 0 Å². The number of carbonyl (C=O) groups is 4. The van der Waals surface area contributed by atoms with Crippen LogP contribution in [0.25, 0.3) is 0 Å². The number of Topliss-reactive ketones (excluding diaryl/α,β-unsaturated/α-hetero) is 1. The van der Waals surface area contributed by atoms with Gasteiger partial charge < -0.3 is 9.84 Å². The van der Waals surface area contributed by atoms with Crippen LogP contribution in [0.3, 0.4) is 0 Å². The van der Waals surface area contributed by atoms with Gasteiger partial charge in [-0.2, -0.15) is 0 Å². The maximum Gasteiger partial charge on any atom is 0.342 e. The molecule has 0 spiro atoms. The lowest BCUT2D eigenvalue weighted by Gasteiger charge is -2.18. The first-order chi connectivity index (χ1) is 15.0. The normalized spacial score (nSPS) is 25.7. The predicted molar refractivity (Wildman–Crippen MR) is 109 cm³/mol. The van der Waals surface area contributed by atoms with E-state index in [1.807, 2.05) is 12.2 Å². The van der Waals surface area contributed by atoms with E-state index in [4.69, 9.17) is 4.74 Å². The van der Waals surface area contributed by atoms with E-state index in [0.29, 0.717) is 5.56 Å². The van der Waals surface area contributed by atoms with Crippen LogP contribution in [0, 0.1) is 23.7 Å². The number of phenols is 1. The largest absolute Gasteiger partial charge is 0.507 e. The van der Waals surface area contributed by atoms with Crippen molar-refractivity contribution in [3.05, 3.63) is 71.8 Å². The van der Waals surface area contributed by atoms with Crippen LogP contribution in [0.5, 0.6) is 5.75 Å². The zero-order chi connectivity index (χ0) is 21.7. The van der Waals surface area contributed by atoms with Crippen LogP contribution in [-0.2, 0) is 14.3 Å². The molecular weight excluding hydrogens is 398 g/mol. The second-order valence-electron chi connectivity index (χ2n) is 8.08. The number of hydrogen-bond acceptors (Lipinski definition) is 6. The Labute approximate surface area is 177 Å². The van der Waals surface area contributed by atoms with Crippen molar-refractivity contribution in [3.8, 4) is 5.75 Å². The molecule has 2 bridgehead atoms. The minimum atomic E-state index is -0.912. The van der Waals surface area contributed by atoms with Gasteiger partial charge in [-0.3, -0.25) is 14.4 Å². The number of rotatable bonds is 5. The van der Waals surface area contributed by atoms with Gasteiger partial charge in [0.25, 0.3) is 0 Å². The molecule has 4 unspecified atom stereocenters. The summed E-state index contributed by atoms with van der Waals surface area (Å²) in [6.07, 6.45) is 4.83. The molecule has 156 valence electrons. The number of imide groups is 1. The molecule has 3 aliphatic rings. The molecule has 7 heteroatoms. The number of benzene rings is 2. The molecule has 5 rings (SSSR count). The molecule has 7 nitrogen and oxygen atoms in total. The SMILES string of the molecule is O=C(COC(=O)c1cc(N2C(=O)C3C4C=CC(C4)C3C2=O)ccc1O)c1ccccc1. The second kappa shape index (κ2) is 7.19. The van der Waals surface area contributed by atoms with Gasteiger partial charge in [-0.15, -0.1) is 0 Å². The van der Waals surface area contributed by atoms with E-state index in [0.717, 1.165) is 11.3 Å². The first-order valence-electron chi connectivity index (χ1n) is 10.1. The zero-order valence-electron chi connectivity index (χ0n) is 16.4. The molecular formula is C24H19NO6. The number of amides is 2. The summed E-state index contributed by atoms with van der Waals surface area (Å²) < 4.78 is 5.07. The number of phenolic OH excluding ortho intramolecular Hbond substituents is 1. The van der Waals surface area contributed by atoms with E-state index in [9.17, 15) is 24.3 Å². The number of anilines is 1. The Morgan fingerprint density at radius 3 is 2.26 bits per heavy atom. The van der Waals surface area contributed by atoms with Crippen LogP contribution in [0.4, 0.5) is 5.69 Å². The molecule has 31 heavy (non-hydrogen) atoms. The van der Waals surface area contributed by atoms with E-state index >= 15 is 0 Å². The van der Waals surface area contributed by atoms with Crippen molar-refractivity contribution in [1.29, 1.82) is 0 Å². The number of aromatic hydroxyl groups is 1. The summed E-state index contributed by atoms with van der Waals surface area (Å²) in [5.74, 6) is -2.81. The molecule has 2 amide bonds. The Balaban J connectivity index is 1.35. The van der Waals surface area contributed by atoms with Crippen molar-refractivity contribution in [2.24, 2.45) is 23.7 Å². The first kappa shape index (κ1) is 19.2. The Morgan fingerprint density at radius 2 is 1.61 bits per heavy atom. The molecule has 0 aromatic heterocycles. The van der Waals surface area contributed by atoms with E-state index in [2.05, 4.69) is 0 Å². The van der Waals surface area contributed by atoms with Gasteiger partial charge in [0.15, 0.2) is 12.4 Å². The van der Waals surface area contributed by atoms with Gasteiger partial charge in [-0.25, -0.2) is 9.69 Å². The van der Waals surface area contributed by atoms with Gasteiger partial charge in [-0.05, 0) is 36.5 Å². The summed E-state index contributed by atoms with van der Waals surface area (Å²) in [6.45, 7) is -0.493. The number of ether oxygens (including phenoxy) is 1. The Bertz CT molecular complexity index is 1110. The Kier molecular flexibility index (Phi) is 4.46. The summed E-state index contributed by atoms with van der Waals surface area (Å²) in [6, 6.07) is 12.3. The first-order valence-corrected chi connectivity index (χ1v) is 10.1. The number of fused-ring (bicyclic) bond motifs is 5. The highest BCUT2D eigenvalue weighted by Crippen LogP contribution is 2.53. The number of nitrogens with zero attached hydrogens (tertiary/aromatic N) is 1. The number of carbonyl (C=O) groups excluding carboxylic acids is 4. The highest BCUT2D eigenvalue weighted by atomic mass is 16.5. The number of hydrogen-bond donors (Lipinski definition) is 1. The van der Waals surface area contributed by atoms with Crippen LogP contribution < -0.4 is 4.90 Å². The molecule has 4 atom stereocenters. The third kappa shape index (κ3) is 3.04. The lowest BCUT2D eigenvalue weighted by molar-refractivity contribution is -0.123. The van der Waals surface area contributed by atoms with Crippen molar-refractivity contribution in [1.82, 2.24) is 0 Å². The van der Waals surface area contributed by atoms with Crippen LogP contribution >= 0.6 is 0 Å². The van der Waals surface area contributed by atoms with Gasteiger partial charge in [-0.1, -0.05) is 42.5 Å². The summed E-state index contributed by atoms with van der Waals surface area (Å²) >= 11 is 0. The topological polar surface area (TPSA) is 101 Å². The molecule has 1 saturated carbocycles. The minimum Gasteiger partial charge on any atom is -0.507 e. The van der Waals surface area contributed by atoms with Gasteiger partial charge in [0.1, 0.15) is 11.3 Å². The van der Waals surface area contributed by atoms with Gasteiger partial charge in [0.2, 0.25) is 11.8 Å². The van der Waals surface area contributed by atoms with Crippen LogP contribution in [0.1, 0.15) is 27.1 Å². The standard InChI is InChI=1S/C24H19NO6/c26-18-9-8-16(25-22(28)20-14-6-7-15(10-14)21(20)23(25)29)11-17(18)24(30)31-12-19(27)13-4-2-1-3-5-13/h1-9,11,14-15,20-21,26H,10,12H2. The molecule has 0 radical (unpaired) electrons. The summed E-state index contributed by atoms with van der Waals surface area (Å²) in [7, 11) is 0. The van der Waals surface area contributed by atoms with Crippen molar-refractivity contribution >= 4 is 29.3 Å². The Morgan fingerprint density at radius 1 is 0.968 bits per heavy atom. The number of ketones is 1. The monoisotopic (exact) mass is 417 g/mol.